The number of hydrogen-bond acceptors (Lipinski definition) is 5. The topological polar surface area (TPSA) is 62.9 Å². The van der Waals surface area contributed by atoms with Gasteiger partial charge >= 0.3 is 0 Å². The lowest BCUT2D eigenvalue weighted by Crippen LogP contribution is -2.20. The number of hydrogen-bond donors (Lipinski definition) is 1. The van der Waals surface area contributed by atoms with Crippen molar-refractivity contribution in [2.24, 2.45) is 11.7 Å². The second-order valence-electron chi connectivity index (χ2n) is 5.63. The third-order valence-electron chi connectivity index (χ3n) is 3.87. The van der Waals surface area contributed by atoms with Crippen LogP contribution in [-0.4, -0.2) is 39.6 Å². The Labute approximate surface area is 125 Å². The van der Waals surface area contributed by atoms with E-state index in [1.54, 1.807) is 0 Å². The Morgan fingerprint density at radius 3 is 2.86 bits per heavy atom. The molecule has 2 heterocycles. The predicted molar refractivity (Wildman–Crippen MR) is 78.7 cm³/mol. The van der Waals surface area contributed by atoms with Crippen molar-refractivity contribution in [2.75, 3.05) is 39.6 Å². The molecule has 21 heavy (non-hydrogen) atoms. The minimum absolute atomic E-state index is 0.149. The van der Waals surface area contributed by atoms with E-state index in [-0.39, 0.29) is 6.04 Å². The van der Waals surface area contributed by atoms with Gasteiger partial charge in [0.2, 0.25) is 0 Å². The summed E-state index contributed by atoms with van der Waals surface area (Å²) in [6, 6.07) is 5.73. The third kappa shape index (κ3) is 3.87. The minimum Gasteiger partial charge on any atom is -0.490 e. The van der Waals surface area contributed by atoms with Gasteiger partial charge in [-0.2, -0.15) is 0 Å². The molecule has 1 aromatic rings. The maximum atomic E-state index is 6.20. The molecule has 0 amide bonds. The maximum Gasteiger partial charge on any atom is 0.161 e. The predicted octanol–water partition coefficient (Wildman–Crippen LogP) is 1.90. The van der Waals surface area contributed by atoms with Gasteiger partial charge in [-0.05, 0) is 24.1 Å². The Hall–Kier alpha value is -1.30. The zero-order valence-electron chi connectivity index (χ0n) is 12.3. The van der Waals surface area contributed by atoms with Crippen molar-refractivity contribution >= 4 is 0 Å². The van der Waals surface area contributed by atoms with Crippen LogP contribution >= 0.6 is 0 Å². The maximum absolute atomic E-state index is 6.20. The van der Waals surface area contributed by atoms with Gasteiger partial charge in [-0.3, -0.25) is 0 Å². The first-order valence-electron chi connectivity index (χ1n) is 7.63. The lowest BCUT2D eigenvalue weighted by molar-refractivity contribution is 0.0808. The molecule has 5 nitrogen and oxygen atoms in total. The van der Waals surface area contributed by atoms with E-state index < -0.39 is 0 Å². The number of ether oxygens (including phenoxy) is 4. The van der Waals surface area contributed by atoms with Crippen molar-refractivity contribution in [3.8, 4) is 11.5 Å². The molecule has 2 atom stereocenters. The third-order valence-corrected chi connectivity index (χ3v) is 3.87. The summed E-state index contributed by atoms with van der Waals surface area (Å²) in [5, 5.41) is 0. The first-order valence-corrected chi connectivity index (χ1v) is 7.63. The van der Waals surface area contributed by atoms with Crippen LogP contribution in [0.15, 0.2) is 18.2 Å². The van der Waals surface area contributed by atoms with Crippen molar-refractivity contribution in [3.05, 3.63) is 23.8 Å². The lowest BCUT2D eigenvalue weighted by atomic mass is 10.1. The van der Waals surface area contributed by atoms with Gasteiger partial charge in [0.1, 0.15) is 0 Å². The first kappa shape index (κ1) is 14.6. The van der Waals surface area contributed by atoms with Crippen molar-refractivity contribution in [1.82, 2.24) is 0 Å². The smallest absolute Gasteiger partial charge is 0.161 e. The van der Waals surface area contributed by atoms with Crippen LogP contribution in [0.5, 0.6) is 11.5 Å². The van der Waals surface area contributed by atoms with Crippen LogP contribution in [-0.2, 0) is 9.47 Å². The Morgan fingerprint density at radius 2 is 2.05 bits per heavy atom. The molecule has 2 N–H and O–H groups in total. The van der Waals surface area contributed by atoms with E-state index in [9.17, 15) is 0 Å². The number of nitrogens with two attached hydrogens (primary N) is 1. The molecule has 2 aliphatic rings. The van der Waals surface area contributed by atoms with Gasteiger partial charge in [0, 0.05) is 18.9 Å². The molecule has 0 spiro atoms. The van der Waals surface area contributed by atoms with Gasteiger partial charge in [0.25, 0.3) is 0 Å². The van der Waals surface area contributed by atoms with Gasteiger partial charge in [-0.1, -0.05) is 6.07 Å². The molecule has 3 rings (SSSR count). The van der Waals surface area contributed by atoms with Crippen LogP contribution in [0.1, 0.15) is 24.4 Å². The van der Waals surface area contributed by atoms with E-state index in [0.717, 1.165) is 49.7 Å². The van der Waals surface area contributed by atoms with Crippen LogP contribution in [0.25, 0.3) is 0 Å². The SMILES string of the molecule is NC(COCC1CCOC1)c1ccc2c(c1)OCCCO2. The van der Waals surface area contributed by atoms with E-state index in [1.807, 2.05) is 18.2 Å². The van der Waals surface area contributed by atoms with E-state index in [2.05, 4.69) is 0 Å². The fourth-order valence-electron chi connectivity index (χ4n) is 2.58. The molecule has 5 heteroatoms. The van der Waals surface area contributed by atoms with Gasteiger partial charge in [0.15, 0.2) is 11.5 Å². The number of fused-ring (bicyclic) bond motifs is 1. The number of rotatable bonds is 5. The molecule has 2 aliphatic heterocycles. The molecule has 0 aliphatic carbocycles. The summed E-state index contributed by atoms with van der Waals surface area (Å²) in [6.45, 7) is 4.27. The largest absolute Gasteiger partial charge is 0.490 e. The van der Waals surface area contributed by atoms with Crippen LogP contribution in [0.3, 0.4) is 0 Å². The van der Waals surface area contributed by atoms with Crippen molar-refractivity contribution in [2.45, 2.75) is 18.9 Å². The second-order valence-corrected chi connectivity index (χ2v) is 5.63. The summed E-state index contributed by atoms with van der Waals surface area (Å²) < 4.78 is 22.4. The van der Waals surface area contributed by atoms with Crippen molar-refractivity contribution < 1.29 is 18.9 Å². The average molecular weight is 293 g/mol. The van der Waals surface area contributed by atoms with Crippen LogP contribution in [0, 0.1) is 5.92 Å². The minimum atomic E-state index is -0.149. The van der Waals surface area contributed by atoms with E-state index in [1.165, 1.54) is 0 Å². The van der Waals surface area contributed by atoms with Crippen molar-refractivity contribution in [3.63, 3.8) is 0 Å². The first-order chi connectivity index (χ1) is 10.3. The Kier molecular flexibility index (Phi) is 4.95. The molecule has 0 saturated carbocycles. The summed E-state index contributed by atoms with van der Waals surface area (Å²) in [5.74, 6) is 2.10. The molecule has 1 saturated heterocycles. The number of benzene rings is 1. The Balaban J connectivity index is 1.54. The molecular weight excluding hydrogens is 270 g/mol. The Bertz CT molecular complexity index is 460. The Morgan fingerprint density at radius 1 is 1.19 bits per heavy atom. The fourth-order valence-corrected chi connectivity index (χ4v) is 2.58. The van der Waals surface area contributed by atoms with Crippen molar-refractivity contribution in [1.29, 1.82) is 0 Å². The highest BCUT2D eigenvalue weighted by Crippen LogP contribution is 2.32. The van der Waals surface area contributed by atoms with Gasteiger partial charge in [-0.15, -0.1) is 0 Å². The van der Waals surface area contributed by atoms with Gasteiger partial charge in [-0.25, -0.2) is 0 Å². The fraction of sp³-hybridized carbons (Fsp3) is 0.625. The second kappa shape index (κ2) is 7.11. The molecule has 0 aromatic heterocycles. The van der Waals surface area contributed by atoms with Gasteiger partial charge < -0.3 is 24.7 Å². The molecule has 2 unspecified atom stereocenters. The highest BCUT2D eigenvalue weighted by molar-refractivity contribution is 5.44. The van der Waals surface area contributed by atoms with E-state index in [4.69, 9.17) is 24.7 Å². The zero-order valence-corrected chi connectivity index (χ0v) is 12.3. The standard InChI is InChI=1S/C16H23NO4/c17-14(11-19-10-12-4-7-18-9-12)13-2-3-15-16(8-13)21-6-1-5-20-15/h2-3,8,12,14H,1,4-7,9-11,17H2. The molecule has 0 bridgehead atoms. The summed E-state index contributed by atoms with van der Waals surface area (Å²) >= 11 is 0. The summed E-state index contributed by atoms with van der Waals surface area (Å²) in [4.78, 5) is 0. The summed E-state index contributed by atoms with van der Waals surface area (Å²) in [5.41, 5.74) is 7.21. The average Bonchev–Trinajstić information content (AvgIpc) is 2.90. The molecule has 1 aromatic carbocycles. The lowest BCUT2D eigenvalue weighted by Gasteiger charge is -2.16. The molecule has 0 radical (unpaired) electrons. The van der Waals surface area contributed by atoms with E-state index >= 15 is 0 Å². The highest BCUT2D eigenvalue weighted by Gasteiger charge is 2.17. The quantitative estimate of drug-likeness (QED) is 0.898. The molecular formula is C16H23NO4. The zero-order chi connectivity index (χ0) is 14.5. The van der Waals surface area contributed by atoms with Gasteiger partial charge in [0.05, 0.1) is 39.1 Å². The van der Waals surface area contributed by atoms with E-state index in [0.29, 0.717) is 25.7 Å². The summed E-state index contributed by atoms with van der Waals surface area (Å²) in [6.07, 6.45) is 1.99. The van der Waals surface area contributed by atoms with Crippen LogP contribution in [0.4, 0.5) is 0 Å². The monoisotopic (exact) mass is 293 g/mol. The summed E-state index contributed by atoms with van der Waals surface area (Å²) in [7, 11) is 0. The normalized spacial score (nSPS) is 22.8. The molecule has 1 fully saturated rings. The highest BCUT2D eigenvalue weighted by atomic mass is 16.5. The van der Waals surface area contributed by atoms with Crippen LogP contribution in [0.2, 0.25) is 0 Å². The molecule has 116 valence electrons. The van der Waals surface area contributed by atoms with Crippen LogP contribution < -0.4 is 15.2 Å².